The Morgan fingerprint density at radius 3 is 1.17 bits per heavy atom. The molecule has 4 aromatic heterocycles. The number of Topliss-reactive ketones (excluding diaryl/α,β-unsaturated/α-hetero) is 1. The number of nitrogens with zero attached hydrogens (tertiary/aromatic N) is 5. The first-order valence-electron chi connectivity index (χ1n) is 18.2. The van der Waals surface area contributed by atoms with Gasteiger partial charge in [-0.05, 0) is 69.0 Å². The van der Waals surface area contributed by atoms with Crippen molar-refractivity contribution in [2.45, 2.75) is 123 Å². The van der Waals surface area contributed by atoms with E-state index in [1.165, 1.54) is 35.3 Å². The Labute approximate surface area is 324 Å². The number of amides is 1. The zero-order valence-corrected chi connectivity index (χ0v) is 34.2. The highest BCUT2D eigenvalue weighted by atomic mass is 16.2. The number of aryl methyl sites for hydroxylation is 1. The molecule has 0 atom stereocenters. The molecule has 6 rings (SSSR count). The minimum Gasteiger partial charge on any atom is -0.349 e. The highest BCUT2D eigenvalue weighted by molar-refractivity contribution is 5.84. The standard InChI is InChI=1S/C8H9NO.C6H7NO.C6H10O.2C5H5N.C4H9NO.4C2H6.2CH4/c10-8-3-1-2-6-9(8)7-4-5-7;1-7-5-3-2-4-6(7)8;1-5(7)6(2)3-4-6;2*1-2-4-6-5-3-1;1-4(6)5(2)3;4*1-2;;/h1-3,6-7H,4-5H2;2-5H,1H3;3-4H2,1-2H3;2*1-5H;1-3H3;4*1-2H3;2*1H4. The lowest BCUT2D eigenvalue weighted by atomic mass is 10.1. The van der Waals surface area contributed by atoms with Gasteiger partial charge in [-0.15, -0.1) is 0 Å². The summed E-state index contributed by atoms with van der Waals surface area (Å²) < 4.78 is 3.33. The van der Waals surface area contributed by atoms with Crippen molar-refractivity contribution in [3.8, 4) is 0 Å². The molecular weight excluding hydrogens is 663 g/mol. The Balaban J connectivity index is -0.000000121. The van der Waals surface area contributed by atoms with E-state index in [-0.39, 0.29) is 37.3 Å². The number of pyridine rings is 4. The lowest BCUT2D eigenvalue weighted by molar-refractivity contribution is -0.126. The molecule has 0 radical (unpaired) electrons. The van der Waals surface area contributed by atoms with Crippen LogP contribution in [0.4, 0.5) is 0 Å². The molecule has 0 N–H and O–H groups in total. The average Bonchev–Trinajstić information content (AvgIpc) is 4.14. The molecule has 2 aliphatic rings. The quantitative estimate of drug-likeness (QED) is 0.203. The number of hydrogen-bond donors (Lipinski definition) is 0. The van der Waals surface area contributed by atoms with Gasteiger partial charge in [0.15, 0.2) is 0 Å². The van der Waals surface area contributed by atoms with Crippen molar-refractivity contribution in [2.24, 2.45) is 12.5 Å². The molecule has 0 saturated heterocycles. The molecular formula is C44H77N5O4. The van der Waals surface area contributed by atoms with E-state index < -0.39 is 0 Å². The van der Waals surface area contributed by atoms with E-state index in [0.29, 0.717) is 11.8 Å². The van der Waals surface area contributed by atoms with Gasteiger partial charge in [-0.2, -0.15) is 0 Å². The molecule has 0 bridgehead atoms. The molecule has 0 aliphatic heterocycles. The lowest BCUT2D eigenvalue weighted by Crippen LogP contribution is -2.17. The van der Waals surface area contributed by atoms with Crippen molar-refractivity contribution in [1.82, 2.24) is 24.0 Å². The van der Waals surface area contributed by atoms with Crippen LogP contribution < -0.4 is 11.1 Å². The second kappa shape index (κ2) is 41.8. The molecule has 2 fully saturated rings. The van der Waals surface area contributed by atoms with Crippen LogP contribution in [-0.2, 0) is 16.6 Å². The summed E-state index contributed by atoms with van der Waals surface area (Å²) in [6.07, 6.45) is 15.2. The first-order valence-corrected chi connectivity index (χ1v) is 18.2. The molecule has 0 aromatic carbocycles. The molecule has 2 aliphatic carbocycles. The van der Waals surface area contributed by atoms with Crippen molar-refractivity contribution >= 4 is 11.7 Å². The maximum atomic E-state index is 11.1. The van der Waals surface area contributed by atoms with Crippen molar-refractivity contribution < 1.29 is 9.59 Å². The maximum absolute atomic E-state index is 11.1. The van der Waals surface area contributed by atoms with Gasteiger partial charge in [-0.1, -0.05) is 101 Å². The number of hydrogen-bond acceptors (Lipinski definition) is 6. The van der Waals surface area contributed by atoms with Crippen LogP contribution in [0.1, 0.15) is 123 Å². The summed E-state index contributed by atoms with van der Waals surface area (Å²) in [6, 6.07) is 22.3. The van der Waals surface area contributed by atoms with Crippen LogP contribution in [0.5, 0.6) is 0 Å². The van der Waals surface area contributed by atoms with E-state index in [9.17, 15) is 19.2 Å². The van der Waals surface area contributed by atoms with Gasteiger partial charge in [0.1, 0.15) is 5.78 Å². The normalized spacial score (nSPS) is 11.0. The third-order valence-electron chi connectivity index (χ3n) is 6.41. The third-order valence-corrected chi connectivity index (χ3v) is 6.41. The first kappa shape index (κ1) is 60.4. The minimum absolute atomic E-state index is 0. The SMILES string of the molecule is C.C.CC.CC.CC.CC.CC(=O)C1(C)CC1.CC(=O)N(C)C.Cn1ccccc1=O.O=c1ccccn1C1CC1.c1ccncc1.c1ccncc1. The summed E-state index contributed by atoms with van der Waals surface area (Å²) >= 11 is 0. The van der Waals surface area contributed by atoms with E-state index in [0.717, 1.165) is 12.8 Å². The Morgan fingerprint density at radius 1 is 0.642 bits per heavy atom. The number of ketones is 1. The molecule has 302 valence electrons. The largest absolute Gasteiger partial charge is 0.349 e. The first-order chi connectivity index (χ1) is 24.5. The van der Waals surface area contributed by atoms with Crippen LogP contribution in [0.3, 0.4) is 0 Å². The van der Waals surface area contributed by atoms with Crippen LogP contribution in [-0.4, -0.2) is 49.8 Å². The van der Waals surface area contributed by atoms with E-state index in [1.807, 2.05) is 117 Å². The molecule has 4 heterocycles. The molecule has 2 saturated carbocycles. The van der Waals surface area contributed by atoms with E-state index in [1.54, 1.807) is 81.8 Å². The Hall–Kier alpha value is -4.66. The summed E-state index contributed by atoms with van der Waals surface area (Å²) in [7, 11) is 5.17. The monoisotopic (exact) mass is 740 g/mol. The zero-order valence-electron chi connectivity index (χ0n) is 34.2. The summed E-state index contributed by atoms with van der Waals surface area (Å²) in [5, 5.41) is 0. The van der Waals surface area contributed by atoms with Gasteiger partial charge in [0, 0.05) is 88.8 Å². The predicted octanol–water partition coefficient (Wildman–Crippen LogP) is 10.6. The van der Waals surface area contributed by atoms with E-state index in [2.05, 4.69) is 9.97 Å². The zero-order chi connectivity index (χ0) is 40.1. The number of carbonyl (C=O) groups excluding carboxylic acids is 2. The molecule has 9 nitrogen and oxygen atoms in total. The molecule has 1 amide bonds. The van der Waals surface area contributed by atoms with Gasteiger partial charge >= 0.3 is 0 Å². The van der Waals surface area contributed by atoms with E-state index in [4.69, 9.17) is 0 Å². The van der Waals surface area contributed by atoms with Gasteiger partial charge in [0.05, 0.1) is 0 Å². The Kier molecular flexibility index (Phi) is 47.6. The second-order valence-electron chi connectivity index (χ2n) is 10.4. The second-order valence-corrected chi connectivity index (χ2v) is 10.4. The predicted molar refractivity (Wildman–Crippen MR) is 230 cm³/mol. The van der Waals surface area contributed by atoms with Gasteiger partial charge in [0.2, 0.25) is 11.5 Å². The smallest absolute Gasteiger partial charge is 0.250 e. The van der Waals surface area contributed by atoms with Crippen molar-refractivity contribution in [3.63, 3.8) is 0 Å². The van der Waals surface area contributed by atoms with Gasteiger partial charge < -0.3 is 14.0 Å². The fraction of sp³-hybridized carbons (Fsp3) is 0.500. The fourth-order valence-electron chi connectivity index (χ4n) is 2.77. The van der Waals surface area contributed by atoms with Crippen LogP contribution in [0.2, 0.25) is 0 Å². The summed E-state index contributed by atoms with van der Waals surface area (Å²) in [5.74, 6) is 0.447. The molecule has 0 unspecified atom stereocenters. The molecule has 0 spiro atoms. The highest BCUT2D eigenvalue weighted by Crippen LogP contribution is 2.45. The summed E-state index contributed by atoms with van der Waals surface area (Å²) in [6.45, 7) is 21.2. The fourth-order valence-corrected chi connectivity index (χ4v) is 2.77. The minimum atomic E-state index is 0. The van der Waals surface area contributed by atoms with Gasteiger partial charge in [-0.3, -0.25) is 29.1 Å². The van der Waals surface area contributed by atoms with Gasteiger partial charge in [-0.25, -0.2) is 0 Å². The van der Waals surface area contributed by atoms with Crippen molar-refractivity contribution in [2.75, 3.05) is 14.1 Å². The summed E-state index contributed by atoms with van der Waals surface area (Å²) in [5.41, 5.74) is 0.275. The van der Waals surface area contributed by atoms with Crippen LogP contribution >= 0.6 is 0 Å². The molecule has 4 aromatic rings. The Morgan fingerprint density at radius 2 is 1.00 bits per heavy atom. The van der Waals surface area contributed by atoms with Crippen LogP contribution in [0, 0.1) is 5.41 Å². The number of carbonyl (C=O) groups is 2. The Bertz CT molecular complexity index is 1350. The topological polar surface area (TPSA) is 107 Å². The molecule has 53 heavy (non-hydrogen) atoms. The maximum Gasteiger partial charge on any atom is 0.250 e. The van der Waals surface area contributed by atoms with Crippen molar-refractivity contribution in [1.29, 1.82) is 0 Å². The van der Waals surface area contributed by atoms with Crippen LogP contribution in [0.25, 0.3) is 0 Å². The number of rotatable bonds is 2. The highest BCUT2D eigenvalue weighted by Gasteiger charge is 2.41. The van der Waals surface area contributed by atoms with Gasteiger partial charge in [0.25, 0.3) is 5.56 Å². The molecule has 9 heteroatoms. The number of aromatic nitrogens is 4. The van der Waals surface area contributed by atoms with Crippen molar-refractivity contribution in [3.05, 3.63) is 131 Å². The van der Waals surface area contributed by atoms with Crippen LogP contribution in [0.15, 0.2) is 120 Å². The average molecular weight is 740 g/mol. The lowest BCUT2D eigenvalue weighted by Gasteiger charge is -2.02. The van der Waals surface area contributed by atoms with E-state index >= 15 is 0 Å². The third kappa shape index (κ3) is 36.9. The summed E-state index contributed by atoms with van der Waals surface area (Å²) in [4.78, 5) is 51.3.